The molecular formula is C45H25N5. The minimum atomic E-state index is 0.569. The Bertz CT molecular complexity index is 2830. The van der Waals surface area contributed by atoms with Gasteiger partial charge in [-0.1, -0.05) is 78.9 Å². The molecule has 0 amide bonds. The molecular weight excluding hydrogens is 611 g/mol. The van der Waals surface area contributed by atoms with E-state index in [1.54, 1.807) is 0 Å². The molecule has 0 atom stereocenters. The molecule has 0 bridgehead atoms. The Kier molecular flexibility index (Phi) is 6.56. The van der Waals surface area contributed by atoms with Gasteiger partial charge in [0.1, 0.15) is 0 Å². The van der Waals surface area contributed by atoms with Crippen LogP contribution in [0.15, 0.2) is 152 Å². The minimum Gasteiger partial charge on any atom is -0.309 e. The van der Waals surface area contributed by atoms with Crippen molar-refractivity contribution in [3.05, 3.63) is 168 Å². The van der Waals surface area contributed by atoms with Gasteiger partial charge in [-0.15, -0.1) is 0 Å². The molecule has 2 heterocycles. The first kappa shape index (κ1) is 28.8. The number of nitriles is 3. The third kappa shape index (κ3) is 4.38. The summed E-state index contributed by atoms with van der Waals surface area (Å²) in [6.07, 6.45) is 0. The van der Waals surface area contributed by atoms with Crippen molar-refractivity contribution in [2.24, 2.45) is 0 Å². The summed E-state index contributed by atoms with van der Waals surface area (Å²) in [7, 11) is 0. The van der Waals surface area contributed by atoms with Crippen molar-refractivity contribution in [3.8, 4) is 51.8 Å². The predicted octanol–water partition coefficient (Wildman–Crippen LogP) is 10.8. The average Bonchev–Trinajstić information content (AvgIpc) is 3.69. The van der Waals surface area contributed by atoms with Crippen LogP contribution in [-0.2, 0) is 0 Å². The van der Waals surface area contributed by atoms with Crippen LogP contribution in [0.1, 0.15) is 16.7 Å². The van der Waals surface area contributed by atoms with Gasteiger partial charge in [-0.3, -0.25) is 0 Å². The molecule has 50 heavy (non-hydrogen) atoms. The van der Waals surface area contributed by atoms with Crippen LogP contribution in [0.25, 0.3) is 77.2 Å². The molecule has 0 unspecified atom stereocenters. The molecule has 9 rings (SSSR count). The smallest absolute Gasteiger partial charge is 0.0998 e. The highest BCUT2D eigenvalue weighted by Gasteiger charge is 2.17. The van der Waals surface area contributed by atoms with E-state index in [0.717, 1.165) is 66.5 Å². The van der Waals surface area contributed by atoms with Crippen LogP contribution >= 0.6 is 0 Å². The van der Waals surface area contributed by atoms with Gasteiger partial charge in [-0.2, -0.15) is 15.8 Å². The van der Waals surface area contributed by atoms with Crippen molar-refractivity contribution in [2.75, 3.05) is 0 Å². The number of nitrogens with zero attached hydrogens (tertiary/aromatic N) is 5. The van der Waals surface area contributed by atoms with Gasteiger partial charge < -0.3 is 9.13 Å². The Morgan fingerprint density at radius 3 is 1.52 bits per heavy atom. The number of rotatable bonds is 4. The largest absolute Gasteiger partial charge is 0.309 e. The first-order valence-electron chi connectivity index (χ1n) is 16.3. The van der Waals surface area contributed by atoms with Crippen LogP contribution < -0.4 is 0 Å². The van der Waals surface area contributed by atoms with Gasteiger partial charge in [0.25, 0.3) is 0 Å². The van der Waals surface area contributed by atoms with Crippen LogP contribution in [0.3, 0.4) is 0 Å². The molecule has 9 aromatic rings. The molecule has 0 radical (unpaired) electrons. The van der Waals surface area contributed by atoms with Gasteiger partial charge in [0.15, 0.2) is 0 Å². The Morgan fingerprint density at radius 1 is 0.380 bits per heavy atom. The fraction of sp³-hybridized carbons (Fsp3) is 0. The van der Waals surface area contributed by atoms with Gasteiger partial charge in [-0.25, -0.2) is 0 Å². The van der Waals surface area contributed by atoms with E-state index >= 15 is 0 Å². The van der Waals surface area contributed by atoms with Crippen LogP contribution in [0.4, 0.5) is 0 Å². The molecule has 0 aliphatic heterocycles. The van der Waals surface area contributed by atoms with Gasteiger partial charge in [-0.05, 0) is 89.5 Å². The zero-order chi connectivity index (χ0) is 33.8. The van der Waals surface area contributed by atoms with Crippen LogP contribution in [0.2, 0.25) is 0 Å². The summed E-state index contributed by atoms with van der Waals surface area (Å²) in [6, 6.07) is 57.9. The number of benzene rings is 7. The normalized spacial score (nSPS) is 11.1. The SMILES string of the molecule is N#Cc1ccc2c(c1)c1cc(C#N)ccc1n2-c1ccc(-c2ccc(-c3ccccc3-n3c4ccccc4c4ccccc43)cc2C#N)cc1. The van der Waals surface area contributed by atoms with Gasteiger partial charge in [0.2, 0.25) is 0 Å². The zero-order valence-electron chi connectivity index (χ0n) is 26.7. The van der Waals surface area contributed by atoms with Gasteiger partial charge >= 0.3 is 0 Å². The number of para-hydroxylation sites is 3. The fourth-order valence-corrected chi connectivity index (χ4v) is 7.38. The lowest BCUT2D eigenvalue weighted by Gasteiger charge is -2.15. The molecule has 0 spiro atoms. The Hall–Kier alpha value is -7.39. The standard InChI is InChI=1S/C45H25N5/c46-26-29-13-21-44-39(23-29)40-24-30(27-47)14-22-45(40)49(44)34-18-15-31(16-19-34)35-20-17-32(25-33(35)28-48)36-7-1-4-10-41(36)50-42-11-5-2-8-37(42)38-9-3-6-12-43(38)50/h1-25H. The lowest BCUT2D eigenvalue weighted by atomic mass is 9.94. The second kappa shape index (κ2) is 11.4. The number of aromatic nitrogens is 2. The van der Waals surface area contributed by atoms with E-state index in [-0.39, 0.29) is 0 Å². The molecule has 0 saturated heterocycles. The second-order valence-electron chi connectivity index (χ2n) is 12.3. The van der Waals surface area contributed by atoms with Crippen molar-refractivity contribution in [1.82, 2.24) is 9.13 Å². The monoisotopic (exact) mass is 635 g/mol. The Balaban J connectivity index is 1.14. The molecule has 0 saturated carbocycles. The van der Waals surface area contributed by atoms with Crippen LogP contribution in [0.5, 0.6) is 0 Å². The first-order chi connectivity index (χ1) is 24.7. The first-order valence-corrected chi connectivity index (χ1v) is 16.3. The van der Waals surface area contributed by atoms with Gasteiger partial charge in [0, 0.05) is 32.8 Å². The lowest BCUT2D eigenvalue weighted by Crippen LogP contribution is -1.97. The maximum Gasteiger partial charge on any atom is 0.0998 e. The molecule has 5 nitrogen and oxygen atoms in total. The third-order valence-electron chi connectivity index (χ3n) is 9.64. The molecule has 5 heteroatoms. The van der Waals surface area contributed by atoms with Crippen molar-refractivity contribution in [3.63, 3.8) is 0 Å². The van der Waals surface area contributed by atoms with E-state index in [2.05, 4.69) is 112 Å². The van der Waals surface area contributed by atoms with Crippen LogP contribution in [-0.4, -0.2) is 9.13 Å². The zero-order valence-corrected chi connectivity index (χ0v) is 26.7. The summed E-state index contributed by atoms with van der Waals surface area (Å²) in [5.74, 6) is 0. The lowest BCUT2D eigenvalue weighted by molar-refractivity contribution is 1.18. The highest BCUT2D eigenvalue weighted by molar-refractivity contribution is 6.11. The van der Waals surface area contributed by atoms with E-state index in [0.29, 0.717) is 16.7 Å². The number of hydrogen-bond acceptors (Lipinski definition) is 3. The Labute approximate surface area is 287 Å². The summed E-state index contributed by atoms with van der Waals surface area (Å²) in [4.78, 5) is 0. The summed E-state index contributed by atoms with van der Waals surface area (Å²) in [6.45, 7) is 0. The van der Waals surface area contributed by atoms with Crippen LogP contribution in [0, 0.1) is 34.0 Å². The molecule has 0 aliphatic rings. The predicted molar refractivity (Wildman–Crippen MR) is 200 cm³/mol. The maximum absolute atomic E-state index is 10.4. The summed E-state index contributed by atoms with van der Waals surface area (Å²) >= 11 is 0. The van der Waals surface area contributed by atoms with E-state index in [1.165, 1.54) is 10.8 Å². The summed E-state index contributed by atoms with van der Waals surface area (Å²) in [5.41, 5.74) is 11.7. The number of fused-ring (bicyclic) bond motifs is 6. The van der Waals surface area contributed by atoms with Crippen molar-refractivity contribution in [1.29, 1.82) is 15.8 Å². The van der Waals surface area contributed by atoms with Crippen molar-refractivity contribution in [2.45, 2.75) is 0 Å². The maximum atomic E-state index is 10.4. The molecule has 7 aromatic carbocycles. The van der Waals surface area contributed by atoms with E-state index in [1.807, 2.05) is 66.7 Å². The number of hydrogen-bond donors (Lipinski definition) is 0. The second-order valence-corrected chi connectivity index (χ2v) is 12.3. The molecule has 230 valence electrons. The molecule has 0 N–H and O–H groups in total. The highest BCUT2D eigenvalue weighted by atomic mass is 15.0. The Morgan fingerprint density at radius 2 is 0.920 bits per heavy atom. The molecule has 2 aromatic heterocycles. The summed E-state index contributed by atoms with van der Waals surface area (Å²) < 4.78 is 4.46. The molecule has 0 fully saturated rings. The topological polar surface area (TPSA) is 81.2 Å². The molecule has 0 aliphatic carbocycles. The van der Waals surface area contributed by atoms with E-state index in [9.17, 15) is 15.8 Å². The summed E-state index contributed by atoms with van der Waals surface area (Å²) in [5, 5.41) is 33.8. The fourth-order valence-electron chi connectivity index (χ4n) is 7.38. The van der Waals surface area contributed by atoms with E-state index in [4.69, 9.17) is 0 Å². The van der Waals surface area contributed by atoms with Gasteiger partial charge in [0.05, 0.1) is 62.7 Å². The van der Waals surface area contributed by atoms with Crippen molar-refractivity contribution < 1.29 is 0 Å². The van der Waals surface area contributed by atoms with Crippen molar-refractivity contribution >= 4 is 43.6 Å². The minimum absolute atomic E-state index is 0.569. The average molecular weight is 636 g/mol. The quantitative estimate of drug-likeness (QED) is 0.193. The third-order valence-corrected chi connectivity index (χ3v) is 9.64. The highest BCUT2D eigenvalue weighted by Crippen LogP contribution is 2.38. The van der Waals surface area contributed by atoms with E-state index < -0.39 is 0 Å².